The Balaban J connectivity index is 1.69. The molecule has 2 aromatic rings. The van der Waals surface area contributed by atoms with Crippen LogP contribution in [0.1, 0.15) is 47.7 Å². The van der Waals surface area contributed by atoms with Crippen molar-refractivity contribution in [2.24, 2.45) is 0 Å². The van der Waals surface area contributed by atoms with E-state index in [0.717, 1.165) is 12.1 Å². The molecule has 1 aliphatic rings. The van der Waals surface area contributed by atoms with E-state index in [9.17, 15) is 37.8 Å². The highest BCUT2D eigenvalue weighted by molar-refractivity contribution is 14.1. The smallest absolute Gasteiger partial charge is 0.416 e. The predicted molar refractivity (Wildman–Crippen MR) is 144 cm³/mol. The third kappa shape index (κ3) is 7.18. The molecule has 3 rings (SSSR count). The fourth-order valence-corrected chi connectivity index (χ4v) is 4.83. The minimum atomic E-state index is -4.78. The Morgan fingerprint density at radius 1 is 1.05 bits per heavy atom. The van der Waals surface area contributed by atoms with Gasteiger partial charge in [-0.15, -0.1) is 0 Å². The molecule has 8 nitrogen and oxygen atoms in total. The van der Waals surface area contributed by atoms with Gasteiger partial charge in [0.2, 0.25) is 0 Å². The van der Waals surface area contributed by atoms with Gasteiger partial charge in [-0.3, -0.25) is 4.79 Å². The van der Waals surface area contributed by atoms with Crippen molar-refractivity contribution in [2.45, 2.75) is 32.4 Å². The number of rotatable bonds is 10. The minimum Gasteiger partial charge on any atom is -0.507 e. The number of halogens is 4. The van der Waals surface area contributed by atoms with Crippen LogP contribution in [0.4, 0.5) is 13.2 Å². The van der Waals surface area contributed by atoms with Gasteiger partial charge in [-0.2, -0.15) is 13.2 Å². The molecule has 0 fully saturated rings. The molecule has 0 aliphatic carbocycles. The Morgan fingerprint density at radius 3 is 2.36 bits per heavy atom. The van der Waals surface area contributed by atoms with Gasteiger partial charge in [0, 0.05) is 36.5 Å². The molecule has 0 radical (unpaired) electrons. The number of aliphatic carboxylic acids is 1. The molecule has 2 aromatic carbocycles. The fraction of sp³-hybridized carbons (Fsp3) is 0.296. The predicted octanol–water partition coefficient (Wildman–Crippen LogP) is 4.74. The van der Waals surface area contributed by atoms with Crippen molar-refractivity contribution in [2.75, 3.05) is 19.7 Å². The molecule has 0 aromatic heterocycles. The zero-order chi connectivity index (χ0) is 28.9. The molecule has 1 heterocycles. The third-order valence-electron chi connectivity index (χ3n) is 6.10. The summed E-state index contributed by atoms with van der Waals surface area (Å²) in [5.74, 6) is -4.00. The van der Waals surface area contributed by atoms with E-state index in [1.807, 2.05) is 22.6 Å². The van der Waals surface area contributed by atoms with E-state index in [-0.39, 0.29) is 65.8 Å². The van der Waals surface area contributed by atoms with Gasteiger partial charge in [0.1, 0.15) is 12.4 Å². The second-order valence-electron chi connectivity index (χ2n) is 8.75. The summed E-state index contributed by atoms with van der Waals surface area (Å²) in [4.78, 5) is 37.5. The van der Waals surface area contributed by atoms with Gasteiger partial charge in [-0.1, -0.05) is 18.2 Å². The van der Waals surface area contributed by atoms with Crippen LogP contribution in [-0.4, -0.2) is 47.6 Å². The van der Waals surface area contributed by atoms with E-state index in [2.05, 4.69) is 10.6 Å². The van der Waals surface area contributed by atoms with E-state index >= 15 is 0 Å². The van der Waals surface area contributed by atoms with Crippen LogP contribution < -0.4 is 10.6 Å². The summed E-state index contributed by atoms with van der Waals surface area (Å²) in [5.41, 5.74) is -1.27. The van der Waals surface area contributed by atoms with Crippen LogP contribution >= 0.6 is 22.6 Å². The molecule has 12 heteroatoms. The van der Waals surface area contributed by atoms with Crippen molar-refractivity contribution in [1.29, 1.82) is 0 Å². The largest absolute Gasteiger partial charge is 0.507 e. The Bertz CT molecular complexity index is 1350. The molecule has 4 N–H and O–H groups in total. The number of hydrogen-bond acceptors (Lipinski definition) is 7. The number of carbonyl (C=O) groups is 3. The van der Waals surface area contributed by atoms with Crippen LogP contribution in [0.3, 0.4) is 0 Å². The Labute approximate surface area is 236 Å². The second-order valence-corrected chi connectivity index (χ2v) is 9.91. The molecule has 208 valence electrons. The van der Waals surface area contributed by atoms with Gasteiger partial charge in [0.25, 0.3) is 0 Å². The minimum absolute atomic E-state index is 0.0795. The number of carboxylic acids is 1. The molecule has 1 aliphatic heterocycles. The van der Waals surface area contributed by atoms with Gasteiger partial charge in [0.05, 0.1) is 26.2 Å². The standard InChI is InChI=1S/C27H26F3IN2O6/c1-14-22(25(36)37)24(17-5-3-4-6-18(17)27(28,29)30)23(15(2)33-14)26(38)39-12-11-32-10-9-20(34)16-7-8-21(35)19(31)13-16/h3-8,13,24,32-33,35H,9-12H2,1-2H3,(H,36,37). The van der Waals surface area contributed by atoms with Crippen molar-refractivity contribution >= 4 is 40.3 Å². The summed E-state index contributed by atoms with van der Waals surface area (Å²) >= 11 is 1.92. The number of ketones is 1. The van der Waals surface area contributed by atoms with Crippen LogP contribution in [0.15, 0.2) is 65.0 Å². The zero-order valence-corrected chi connectivity index (χ0v) is 23.1. The van der Waals surface area contributed by atoms with Gasteiger partial charge in [0.15, 0.2) is 5.78 Å². The summed E-state index contributed by atoms with van der Waals surface area (Å²) in [6.45, 7) is 3.14. The topological polar surface area (TPSA) is 125 Å². The Kier molecular flexibility index (Phi) is 9.78. The number of carbonyl (C=O) groups excluding carboxylic acids is 2. The molecule has 0 spiro atoms. The lowest BCUT2D eigenvalue weighted by Gasteiger charge is -2.31. The fourth-order valence-electron chi connectivity index (χ4n) is 4.31. The molecule has 0 saturated carbocycles. The Hall–Kier alpha value is -3.39. The lowest BCUT2D eigenvalue weighted by Crippen LogP contribution is -2.33. The summed E-state index contributed by atoms with van der Waals surface area (Å²) in [6.07, 6.45) is -4.63. The highest BCUT2D eigenvalue weighted by Crippen LogP contribution is 2.44. The maximum atomic E-state index is 13.8. The van der Waals surface area contributed by atoms with Crippen LogP contribution in [0.2, 0.25) is 0 Å². The average Bonchev–Trinajstić information content (AvgIpc) is 2.86. The number of allylic oxidation sites excluding steroid dienone is 2. The number of carboxylic acid groups (broad SMARTS) is 1. The van der Waals surface area contributed by atoms with Crippen LogP contribution in [0.5, 0.6) is 5.75 Å². The molecule has 1 unspecified atom stereocenters. The normalized spacial score (nSPS) is 15.7. The van der Waals surface area contributed by atoms with Crippen molar-refractivity contribution in [3.8, 4) is 5.75 Å². The molecular weight excluding hydrogens is 632 g/mol. The van der Waals surface area contributed by atoms with Crippen molar-refractivity contribution in [1.82, 2.24) is 10.6 Å². The van der Waals surface area contributed by atoms with E-state index in [4.69, 9.17) is 4.74 Å². The summed E-state index contributed by atoms with van der Waals surface area (Å²) in [5, 5.41) is 25.1. The number of phenolic OH excluding ortho intramolecular Hbond substituents is 1. The lowest BCUT2D eigenvalue weighted by atomic mass is 9.78. The first-order valence-electron chi connectivity index (χ1n) is 11.8. The number of hydrogen-bond donors (Lipinski definition) is 4. The van der Waals surface area contributed by atoms with Gasteiger partial charge in [-0.25, -0.2) is 9.59 Å². The zero-order valence-electron chi connectivity index (χ0n) is 21.0. The van der Waals surface area contributed by atoms with Crippen LogP contribution in [0, 0.1) is 3.57 Å². The van der Waals surface area contributed by atoms with E-state index in [0.29, 0.717) is 9.13 Å². The number of dihydropyridines is 1. The highest BCUT2D eigenvalue weighted by atomic mass is 127. The number of benzene rings is 2. The van der Waals surface area contributed by atoms with Crippen molar-refractivity contribution < 1.29 is 42.5 Å². The van der Waals surface area contributed by atoms with Gasteiger partial charge >= 0.3 is 18.1 Å². The average molecular weight is 658 g/mol. The number of alkyl halides is 3. The number of nitrogens with one attached hydrogen (secondary N) is 2. The van der Waals surface area contributed by atoms with Crippen LogP contribution in [0.25, 0.3) is 0 Å². The molecule has 0 amide bonds. The lowest BCUT2D eigenvalue weighted by molar-refractivity contribution is -0.141. The summed E-state index contributed by atoms with van der Waals surface area (Å²) in [7, 11) is 0. The molecule has 39 heavy (non-hydrogen) atoms. The molecule has 0 bridgehead atoms. The maximum absolute atomic E-state index is 13.8. The first-order chi connectivity index (χ1) is 18.3. The highest BCUT2D eigenvalue weighted by Gasteiger charge is 2.42. The summed E-state index contributed by atoms with van der Waals surface area (Å²) in [6, 6.07) is 9.07. The summed E-state index contributed by atoms with van der Waals surface area (Å²) < 4.78 is 47.3. The quantitative estimate of drug-likeness (QED) is 0.125. The van der Waals surface area contributed by atoms with Crippen LogP contribution in [-0.2, 0) is 20.5 Å². The third-order valence-corrected chi connectivity index (χ3v) is 6.96. The van der Waals surface area contributed by atoms with Crippen molar-refractivity contribution in [3.05, 3.63) is 85.3 Å². The van der Waals surface area contributed by atoms with Gasteiger partial charge in [-0.05, 0) is 66.3 Å². The second kappa shape index (κ2) is 12.6. The monoisotopic (exact) mass is 658 g/mol. The number of phenols is 1. The van der Waals surface area contributed by atoms with E-state index < -0.39 is 29.6 Å². The number of aromatic hydroxyl groups is 1. The Morgan fingerprint density at radius 2 is 1.72 bits per heavy atom. The number of esters is 1. The number of ether oxygens (including phenoxy) is 1. The molecular formula is C27H26F3IN2O6. The van der Waals surface area contributed by atoms with E-state index in [1.54, 1.807) is 6.07 Å². The molecule has 0 saturated heterocycles. The van der Waals surface area contributed by atoms with E-state index in [1.165, 1.54) is 38.1 Å². The van der Waals surface area contributed by atoms with Crippen molar-refractivity contribution in [3.63, 3.8) is 0 Å². The SMILES string of the molecule is CC1=C(C(=O)O)C(c2ccccc2C(F)(F)F)C(C(=O)OCCNCCC(=O)c2ccc(O)c(I)c2)=C(C)N1. The maximum Gasteiger partial charge on any atom is 0.416 e. The first-order valence-corrected chi connectivity index (χ1v) is 12.9. The number of Topliss-reactive ketones (excluding diaryl/α,β-unsaturated/α-hetero) is 1. The van der Waals surface area contributed by atoms with Gasteiger partial charge < -0.3 is 25.6 Å². The molecule has 1 atom stereocenters. The first kappa shape index (κ1) is 30.2.